The molecule has 0 unspecified atom stereocenters. The van der Waals surface area contributed by atoms with Crippen LogP contribution < -0.4 is 5.73 Å². The monoisotopic (exact) mass is 160 g/mol. The van der Waals surface area contributed by atoms with Gasteiger partial charge in [0.05, 0.1) is 6.26 Å². The minimum Gasteiger partial charge on any atom is -0.464 e. The standard InChI is InChI=1S/C9H8N2O/c10-9(11)7-1-2-8-6(5-7)3-4-12-8/h1-5H,(H3,10,11). The molecule has 3 heteroatoms. The number of benzene rings is 1. The molecule has 0 amide bonds. The SMILES string of the molecule is N=C(N)c1ccc2occc2c1. The molecule has 3 nitrogen and oxygen atoms in total. The summed E-state index contributed by atoms with van der Waals surface area (Å²) in [4.78, 5) is 0. The number of fused-ring (bicyclic) bond motifs is 1. The first-order chi connectivity index (χ1) is 5.77. The average Bonchev–Trinajstić information content (AvgIpc) is 2.49. The van der Waals surface area contributed by atoms with E-state index in [1.165, 1.54) is 0 Å². The lowest BCUT2D eigenvalue weighted by Gasteiger charge is -1.95. The van der Waals surface area contributed by atoms with Crippen LogP contribution in [0.4, 0.5) is 0 Å². The van der Waals surface area contributed by atoms with Gasteiger partial charge in [0.1, 0.15) is 11.4 Å². The summed E-state index contributed by atoms with van der Waals surface area (Å²) in [6, 6.07) is 7.27. The van der Waals surface area contributed by atoms with Crippen molar-refractivity contribution in [2.75, 3.05) is 0 Å². The fourth-order valence-corrected chi connectivity index (χ4v) is 1.13. The van der Waals surface area contributed by atoms with Crippen molar-refractivity contribution >= 4 is 16.8 Å². The van der Waals surface area contributed by atoms with Crippen LogP contribution in [0.3, 0.4) is 0 Å². The molecular weight excluding hydrogens is 152 g/mol. The van der Waals surface area contributed by atoms with Gasteiger partial charge in [-0.25, -0.2) is 0 Å². The smallest absolute Gasteiger partial charge is 0.133 e. The molecule has 1 heterocycles. The number of nitrogens with one attached hydrogen (secondary N) is 1. The van der Waals surface area contributed by atoms with Crippen LogP contribution in [-0.2, 0) is 0 Å². The topological polar surface area (TPSA) is 63.0 Å². The van der Waals surface area contributed by atoms with Gasteiger partial charge in [-0.1, -0.05) is 0 Å². The summed E-state index contributed by atoms with van der Waals surface area (Å²) < 4.78 is 5.14. The van der Waals surface area contributed by atoms with Crippen molar-refractivity contribution in [3.8, 4) is 0 Å². The van der Waals surface area contributed by atoms with Crippen molar-refractivity contribution in [1.29, 1.82) is 5.41 Å². The van der Waals surface area contributed by atoms with Crippen molar-refractivity contribution in [2.45, 2.75) is 0 Å². The summed E-state index contributed by atoms with van der Waals surface area (Å²) in [6.07, 6.45) is 1.62. The first-order valence-electron chi connectivity index (χ1n) is 3.59. The lowest BCUT2D eigenvalue weighted by Crippen LogP contribution is -2.10. The first-order valence-corrected chi connectivity index (χ1v) is 3.59. The maximum Gasteiger partial charge on any atom is 0.133 e. The van der Waals surface area contributed by atoms with Crippen molar-refractivity contribution in [2.24, 2.45) is 5.73 Å². The van der Waals surface area contributed by atoms with E-state index in [2.05, 4.69) is 0 Å². The molecule has 0 bridgehead atoms. The highest BCUT2D eigenvalue weighted by Crippen LogP contribution is 2.16. The fourth-order valence-electron chi connectivity index (χ4n) is 1.13. The van der Waals surface area contributed by atoms with Crippen molar-refractivity contribution in [3.63, 3.8) is 0 Å². The molecule has 0 fully saturated rings. The Bertz CT molecular complexity index is 431. The number of furan rings is 1. The molecule has 0 aliphatic heterocycles. The minimum absolute atomic E-state index is 0.0816. The molecule has 60 valence electrons. The second-order valence-electron chi connectivity index (χ2n) is 2.59. The third-order valence-electron chi connectivity index (χ3n) is 1.76. The Morgan fingerprint density at radius 2 is 2.17 bits per heavy atom. The summed E-state index contributed by atoms with van der Waals surface area (Å²) in [7, 11) is 0. The highest BCUT2D eigenvalue weighted by Gasteiger charge is 1.99. The highest BCUT2D eigenvalue weighted by molar-refractivity contribution is 5.98. The maximum absolute atomic E-state index is 7.21. The second kappa shape index (κ2) is 2.37. The van der Waals surface area contributed by atoms with E-state index in [4.69, 9.17) is 15.6 Å². The molecule has 0 radical (unpaired) electrons. The molecule has 0 atom stereocenters. The minimum atomic E-state index is 0.0816. The van der Waals surface area contributed by atoms with Crippen LogP contribution in [0, 0.1) is 5.41 Å². The number of amidine groups is 1. The van der Waals surface area contributed by atoms with Gasteiger partial charge in [-0.15, -0.1) is 0 Å². The lowest BCUT2D eigenvalue weighted by molar-refractivity contribution is 0.616. The van der Waals surface area contributed by atoms with E-state index in [9.17, 15) is 0 Å². The molecule has 0 spiro atoms. The van der Waals surface area contributed by atoms with Gasteiger partial charge in [0.25, 0.3) is 0 Å². The van der Waals surface area contributed by atoms with Gasteiger partial charge in [-0.3, -0.25) is 5.41 Å². The number of rotatable bonds is 1. The molecule has 0 aliphatic carbocycles. The lowest BCUT2D eigenvalue weighted by atomic mass is 10.1. The summed E-state index contributed by atoms with van der Waals surface area (Å²) in [5.74, 6) is 0.0816. The van der Waals surface area contributed by atoms with Gasteiger partial charge in [0, 0.05) is 10.9 Å². The van der Waals surface area contributed by atoms with E-state index in [0.717, 1.165) is 16.5 Å². The zero-order chi connectivity index (χ0) is 8.55. The summed E-state index contributed by atoms with van der Waals surface area (Å²) in [6.45, 7) is 0. The van der Waals surface area contributed by atoms with E-state index >= 15 is 0 Å². The van der Waals surface area contributed by atoms with Gasteiger partial charge in [-0.05, 0) is 24.3 Å². The van der Waals surface area contributed by atoms with Gasteiger partial charge >= 0.3 is 0 Å². The third kappa shape index (κ3) is 0.955. The number of nitrogens with two attached hydrogens (primary N) is 1. The van der Waals surface area contributed by atoms with Crippen LogP contribution in [0.25, 0.3) is 11.0 Å². The van der Waals surface area contributed by atoms with E-state index in [-0.39, 0.29) is 5.84 Å². The first kappa shape index (κ1) is 6.91. The Morgan fingerprint density at radius 3 is 2.92 bits per heavy atom. The van der Waals surface area contributed by atoms with E-state index in [1.54, 1.807) is 12.3 Å². The summed E-state index contributed by atoms with van der Waals surface area (Å²) >= 11 is 0. The van der Waals surface area contributed by atoms with Gasteiger partial charge in [0.2, 0.25) is 0 Å². The normalized spacial score (nSPS) is 10.3. The maximum atomic E-state index is 7.21. The molecular formula is C9H8N2O. The fraction of sp³-hybridized carbons (Fsp3) is 0. The predicted octanol–water partition coefficient (Wildman–Crippen LogP) is 1.72. The zero-order valence-electron chi connectivity index (χ0n) is 6.37. The molecule has 1 aromatic carbocycles. The Hall–Kier alpha value is -1.77. The number of nitrogen functional groups attached to an aromatic ring is 1. The molecule has 3 N–H and O–H groups in total. The molecule has 1 aromatic heterocycles. The van der Waals surface area contributed by atoms with Crippen LogP contribution in [0.2, 0.25) is 0 Å². The van der Waals surface area contributed by atoms with Crippen molar-refractivity contribution < 1.29 is 4.42 Å². The number of hydrogen-bond acceptors (Lipinski definition) is 2. The molecule has 0 aliphatic rings. The van der Waals surface area contributed by atoms with E-state index < -0.39 is 0 Å². The molecule has 2 rings (SSSR count). The Kier molecular flexibility index (Phi) is 1.37. The van der Waals surface area contributed by atoms with Gasteiger partial charge < -0.3 is 10.2 Å². The van der Waals surface area contributed by atoms with E-state index in [0.29, 0.717) is 0 Å². The molecule has 0 saturated heterocycles. The van der Waals surface area contributed by atoms with Crippen LogP contribution in [0.15, 0.2) is 34.9 Å². The summed E-state index contributed by atoms with van der Waals surface area (Å²) in [5.41, 5.74) is 6.87. The van der Waals surface area contributed by atoms with Crippen LogP contribution in [0.1, 0.15) is 5.56 Å². The highest BCUT2D eigenvalue weighted by atomic mass is 16.3. The second-order valence-corrected chi connectivity index (χ2v) is 2.59. The Labute approximate surface area is 69.3 Å². The summed E-state index contributed by atoms with van der Waals surface area (Å²) in [5, 5.41) is 8.19. The van der Waals surface area contributed by atoms with Gasteiger partial charge in [-0.2, -0.15) is 0 Å². The van der Waals surface area contributed by atoms with Crippen LogP contribution in [0.5, 0.6) is 0 Å². The molecule has 2 aromatic rings. The van der Waals surface area contributed by atoms with Crippen LogP contribution in [-0.4, -0.2) is 5.84 Å². The van der Waals surface area contributed by atoms with Crippen molar-refractivity contribution in [3.05, 3.63) is 36.1 Å². The van der Waals surface area contributed by atoms with E-state index in [1.807, 2.05) is 18.2 Å². The molecule has 0 saturated carbocycles. The average molecular weight is 160 g/mol. The number of hydrogen-bond donors (Lipinski definition) is 2. The predicted molar refractivity (Wildman–Crippen MR) is 47.2 cm³/mol. The zero-order valence-corrected chi connectivity index (χ0v) is 6.37. The third-order valence-corrected chi connectivity index (χ3v) is 1.76. The quantitative estimate of drug-likeness (QED) is 0.492. The Morgan fingerprint density at radius 1 is 1.33 bits per heavy atom. The Balaban J connectivity index is 2.68. The largest absolute Gasteiger partial charge is 0.464 e. The molecule has 12 heavy (non-hydrogen) atoms. The van der Waals surface area contributed by atoms with Crippen LogP contribution >= 0.6 is 0 Å². The van der Waals surface area contributed by atoms with Crippen molar-refractivity contribution in [1.82, 2.24) is 0 Å². The van der Waals surface area contributed by atoms with Gasteiger partial charge in [0.15, 0.2) is 0 Å².